The Morgan fingerprint density at radius 3 is 2.85 bits per heavy atom. The maximum atomic E-state index is 10.4. The molecule has 1 aliphatic carbocycles. The number of carbonyl (C=O) groups excluding carboxylic acids is 1. The summed E-state index contributed by atoms with van der Waals surface area (Å²) in [5.74, 6) is -1.40. The van der Waals surface area contributed by atoms with Crippen molar-refractivity contribution in [2.24, 2.45) is 5.92 Å². The van der Waals surface area contributed by atoms with Gasteiger partial charge in [0.2, 0.25) is 0 Å². The third-order valence-electron chi connectivity index (χ3n) is 2.50. The van der Waals surface area contributed by atoms with Crippen LogP contribution in [0.5, 0.6) is 0 Å². The summed E-state index contributed by atoms with van der Waals surface area (Å²) >= 11 is 0. The number of aliphatic carboxylic acids is 1. The van der Waals surface area contributed by atoms with Gasteiger partial charge in [-0.05, 0) is 25.7 Å². The summed E-state index contributed by atoms with van der Waals surface area (Å²) < 4.78 is 10.8. The average molecular weight is 185 g/mol. The predicted molar refractivity (Wildman–Crippen MR) is 41.6 cm³/mol. The van der Waals surface area contributed by atoms with Crippen LogP contribution in [0.15, 0.2) is 0 Å². The monoisotopic (exact) mass is 185 g/mol. The van der Waals surface area contributed by atoms with Crippen molar-refractivity contribution in [2.75, 3.05) is 6.61 Å². The van der Waals surface area contributed by atoms with Crippen LogP contribution in [-0.4, -0.2) is 25.0 Å². The van der Waals surface area contributed by atoms with Crippen LogP contribution in [0.3, 0.4) is 0 Å². The summed E-state index contributed by atoms with van der Waals surface area (Å²) in [6, 6.07) is 0. The normalized spacial score (nSPS) is 38.6. The van der Waals surface area contributed by atoms with Crippen molar-refractivity contribution in [3.05, 3.63) is 0 Å². The highest BCUT2D eigenvalue weighted by Gasteiger charge is 2.41. The summed E-state index contributed by atoms with van der Waals surface area (Å²) in [7, 11) is 0. The van der Waals surface area contributed by atoms with E-state index in [1.54, 1.807) is 0 Å². The second-order valence-corrected chi connectivity index (χ2v) is 3.63. The topological polar surface area (TPSA) is 58.6 Å². The molecule has 1 saturated carbocycles. The highest BCUT2D eigenvalue weighted by atomic mass is 16.7. The van der Waals surface area contributed by atoms with Gasteiger partial charge in [-0.2, -0.15) is 0 Å². The number of rotatable bonds is 3. The van der Waals surface area contributed by atoms with E-state index < -0.39 is 11.9 Å². The van der Waals surface area contributed by atoms with Gasteiger partial charge in [0.15, 0.2) is 6.29 Å². The Kier molecular flexibility index (Phi) is 2.51. The van der Waals surface area contributed by atoms with E-state index in [9.17, 15) is 9.90 Å². The molecule has 0 N–H and O–H groups in total. The van der Waals surface area contributed by atoms with Crippen LogP contribution in [0.4, 0.5) is 0 Å². The number of carbonyl (C=O) groups is 1. The van der Waals surface area contributed by atoms with Crippen LogP contribution in [0.2, 0.25) is 0 Å². The lowest BCUT2D eigenvalue weighted by Crippen LogP contribution is -2.28. The van der Waals surface area contributed by atoms with Crippen LogP contribution in [0.1, 0.15) is 25.7 Å². The second kappa shape index (κ2) is 3.64. The highest BCUT2D eigenvalue weighted by molar-refractivity contribution is 5.71. The van der Waals surface area contributed by atoms with Crippen LogP contribution >= 0.6 is 0 Å². The van der Waals surface area contributed by atoms with Gasteiger partial charge in [-0.15, -0.1) is 0 Å². The lowest BCUT2D eigenvalue weighted by molar-refractivity contribution is -0.309. The van der Waals surface area contributed by atoms with Gasteiger partial charge in [-0.25, -0.2) is 0 Å². The van der Waals surface area contributed by atoms with E-state index in [2.05, 4.69) is 0 Å². The Balaban J connectivity index is 1.70. The largest absolute Gasteiger partial charge is 0.550 e. The maximum absolute atomic E-state index is 10.4. The van der Waals surface area contributed by atoms with Crippen molar-refractivity contribution in [3.8, 4) is 0 Å². The fourth-order valence-electron chi connectivity index (χ4n) is 1.58. The van der Waals surface area contributed by atoms with Crippen LogP contribution in [0.25, 0.3) is 0 Å². The number of hydrogen-bond donors (Lipinski definition) is 0. The van der Waals surface area contributed by atoms with E-state index in [-0.39, 0.29) is 12.4 Å². The molecule has 13 heavy (non-hydrogen) atoms. The van der Waals surface area contributed by atoms with E-state index in [0.717, 1.165) is 25.9 Å². The number of carboxylic acids is 1. The molecule has 2 rings (SSSR count). The first-order chi connectivity index (χ1) is 6.27. The third kappa shape index (κ3) is 2.19. The van der Waals surface area contributed by atoms with Crippen LogP contribution in [0, 0.1) is 5.92 Å². The molecule has 0 bridgehead atoms. The molecule has 0 aromatic carbocycles. The van der Waals surface area contributed by atoms with Gasteiger partial charge in [0.05, 0.1) is 6.10 Å². The quantitative estimate of drug-likeness (QED) is 0.604. The zero-order valence-corrected chi connectivity index (χ0v) is 7.40. The standard InChI is InChI=1S/C9H14O4/c10-9(11)6-5-7(6)13-8-3-1-2-4-12-8/h6-8H,1-5H2,(H,10,11)/p-1. The summed E-state index contributed by atoms with van der Waals surface area (Å²) in [4.78, 5) is 10.4. The molecule has 0 aromatic rings. The third-order valence-corrected chi connectivity index (χ3v) is 2.50. The molecule has 74 valence electrons. The average Bonchev–Trinajstić information content (AvgIpc) is 2.86. The van der Waals surface area contributed by atoms with Crippen molar-refractivity contribution < 1.29 is 19.4 Å². The minimum Gasteiger partial charge on any atom is -0.550 e. The first kappa shape index (κ1) is 8.97. The minimum absolute atomic E-state index is 0.159. The molecule has 3 atom stereocenters. The van der Waals surface area contributed by atoms with E-state index in [0.29, 0.717) is 6.42 Å². The number of carboxylic acid groups (broad SMARTS) is 1. The van der Waals surface area contributed by atoms with E-state index in [1.165, 1.54) is 0 Å². The Hall–Kier alpha value is -0.610. The van der Waals surface area contributed by atoms with Gasteiger partial charge in [0, 0.05) is 18.5 Å². The molecule has 1 heterocycles. The highest BCUT2D eigenvalue weighted by Crippen LogP contribution is 2.35. The Morgan fingerprint density at radius 1 is 1.46 bits per heavy atom. The molecular formula is C9H13O4-. The van der Waals surface area contributed by atoms with Crippen molar-refractivity contribution in [1.29, 1.82) is 0 Å². The first-order valence-electron chi connectivity index (χ1n) is 4.75. The zero-order chi connectivity index (χ0) is 9.26. The van der Waals surface area contributed by atoms with Crippen molar-refractivity contribution >= 4 is 5.97 Å². The van der Waals surface area contributed by atoms with Crippen LogP contribution in [-0.2, 0) is 14.3 Å². The molecule has 3 unspecified atom stereocenters. The van der Waals surface area contributed by atoms with E-state index >= 15 is 0 Å². The van der Waals surface area contributed by atoms with Crippen molar-refractivity contribution in [3.63, 3.8) is 0 Å². The molecule has 1 aliphatic heterocycles. The molecule has 1 saturated heterocycles. The lowest BCUT2D eigenvalue weighted by atomic mass is 10.2. The Labute approximate surface area is 76.8 Å². The van der Waals surface area contributed by atoms with Gasteiger partial charge < -0.3 is 19.4 Å². The number of ether oxygens (including phenoxy) is 2. The van der Waals surface area contributed by atoms with Crippen LogP contribution < -0.4 is 5.11 Å². The molecular weight excluding hydrogens is 172 g/mol. The van der Waals surface area contributed by atoms with E-state index in [1.807, 2.05) is 0 Å². The van der Waals surface area contributed by atoms with Gasteiger partial charge >= 0.3 is 0 Å². The molecule has 2 aliphatic rings. The minimum atomic E-state index is -0.999. The lowest BCUT2D eigenvalue weighted by Gasteiger charge is -2.22. The Bertz CT molecular complexity index is 198. The fourth-order valence-corrected chi connectivity index (χ4v) is 1.58. The van der Waals surface area contributed by atoms with Gasteiger partial charge in [0.1, 0.15) is 0 Å². The SMILES string of the molecule is O=C([O-])C1CC1OC1CCCCO1. The smallest absolute Gasteiger partial charge is 0.157 e. The Morgan fingerprint density at radius 2 is 2.31 bits per heavy atom. The van der Waals surface area contributed by atoms with Gasteiger partial charge in [-0.1, -0.05) is 0 Å². The summed E-state index contributed by atoms with van der Waals surface area (Å²) in [6.07, 6.45) is 3.32. The van der Waals surface area contributed by atoms with Gasteiger partial charge in [-0.3, -0.25) is 0 Å². The summed E-state index contributed by atoms with van der Waals surface area (Å²) in [5.41, 5.74) is 0. The second-order valence-electron chi connectivity index (χ2n) is 3.63. The van der Waals surface area contributed by atoms with Crippen molar-refractivity contribution in [1.82, 2.24) is 0 Å². The van der Waals surface area contributed by atoms with Gasteiger partial charge in [0.25, 0.3) is 0 Å². The molecule has 2 fully saturated rings. The summed E-state index contributed by atoms with van der Waals surface area (Å²) in [5, 5.41) is 10.4. The summed E-state index contributed by atoms with van der Waals surface area (Å²) in [6.45, 7) is 0.730. The zero-order valence-electron chi connectivity index (χ0n) is 7.40. The van der Waals surface area contributed by atoms with E-state index in [4.69, 9.17) is 9.47 Å². The molecule has 0 aromatic heterocycles. The predicted octanol–water partition coefficient (Wildman–Crippen LogP) is -0.332. The number of hydrogen-bond acceptors (Lipinski definition) is 4. The molecule has 0 radical (unpaired) electrons. The molecule has 0 spiro atoms. The molecule has 0 amide bonds. The molecule has 4 nitrogen and oxygen atoms in total. The van der Waals surface area contributed by atoms with Crippen molar-refractivity contribution in [2.45, 2.75) is 38.1 Å². The first-order valence-corrected chi connectivity index (χ1v) is 4.75. The fraction of sp³-hybridized carbons (Fsp3) is 0.889. The maximum Gasteiger partial charge on any atom is 0.157 e. The molecule has 4 heteroatoms.